The van der Waals surface area contributed by atoms with Crippen LogP contribution in [0.2, 0.25) is 0 Å². The third-order valence-electron chi connectivity index (χ3n) is 3.09. The van der Waals surface area contributed by atoms with Gasteiger partial charge >= 0.3 is 0 Å². The first kappa shape index (κ1) is 13.6. The number of halogens is 1. The standard InChI is InChI=1S/C16H18FNO/c1-19-16-8-4-14(5-9-16)12-18-11-10-13-2-6-15(17)7-3-13/h2-9,18H,10-12H2,1H3/p+1. The number of methoxy groups -OCH3 is 1. The second-order valence-corrected chi connectivity index (χ2v) is 4.51. The summed E-state index contributed by atoms with van der Waals surface area (Å²) in [6.45, 7) is 1.95. The number of hydrogen-bond donors (Lipinski definition) is 1. The highest BCUT2D eigenvalue weighted by molar-refractivity contribution is 5.26. The molecule has 2 aromatic rings. The summed E-state index contributed by atoms with van der Waals surface area (Å²) in [6, 6.07) is 14.8. The summed E-state index contributed by atoms with van der Waals surface area (Å²) in [7, 11) is 1.67. The molecule has 2 N–H and O–H groups in total. The van der Waals surface area contributed by atoms with Gasteiger partial charge in [-0.05, 0) is 42.0 Å². The summed E-state index contributed by atoms with van der Waals surface area (Å²) in [5.74, 6) is 0.709. The lowest BCUT2D eigenvalue weighted by Gasteiger charge is -2.04. The Morgan fingerprint density at radius 2 is 1.58 bits per heavy atom. The minimum Gasteiger partial charge on any atom is -0.497 e. The van der Waals surface area contributed by atoms with E-state index >= 15 is 0 Å². The maximum atomic E-state index is 12.7. The molecular formula is C16H19FNO+. The second kappa shape index (κ2) is 6.90. The van der Waals surface area contributed by atoms with Gasteiger partial charge in [-0.3, -0.25) is 0 Å². The van der Waals surface area contributed by atoms with Crippen molar-refractivity contribution >= 4 is 0 Å². The maximum Gasteiger partial charge on any atom is 0.123 e. The Morgan fingerprint density at radius 1 is 0.947 bits per heavy atom. The molecule has 0 amide bonds. The Labute approximate surface area is 113 Å². The highest BCUT2D eigenvalue weighted by atomic mass is 19.1. The highest BCUT2D eigenvalue weighted by Crippen LogP contribution is 2.10. The summed E-state index contributed by atoms with van der Waals surface area (Å²) in [4.78, 5) is 0. The number of rotatable bonds is 6. The van der Waals surface area contributed by atoms with E-state index in [0.29, 0.717) is 0 Å². The van der Waals surface area contributed by atoms with Crippen molar-refractivity contribution in [3.05, 3.63) is 65.5 Å². The van der Waals surface area contributed by atoms with E-state index in [4.69, 9.17) is 4.74 Å². The lowest BCUT2D eigenvalue weighted by Crippen LogP contribution is -2.83. The average molecular weight is 260 g/mol. The molecule has 0 saturated carbocycles. The molecule has 0 unspecified atom stereocenters. The summed E-state index contributed by atoms with van der Waals surface area (Å²) in [5.41, 5.74) is 2.45. The van der Waals surface area contributed by atoms with Crippen LogP contribution in [-0.2, 0) is 13.0 Å². The smallest absolute Gasteiger partial charge is 0.123 e. The van der Waals surface area contributed by atoms with E-state index in [-0.39, 0.29) is 5.82 Å². The van der Waals surface area contributed by atoms with Crippen LogP contribution in [0.25, 0.3) is 0 Å². The van der Waals surface area contributed by atoms with Gasteiger partial charge in [0, 0.05) is 12.0 Å². The summed E-state index contributed by atoms with van der Waals surface area (Å²) in [6.07, 6.45) is 0.955. The van der Waals surface area contributed by atoms with Gasteiger partial charge in [-0.25, -0.2) is 4.39 Å². The molecule has 2 aromatic carbocycles. The lowest BCUT2D eigenvalue weighted by molar-refractivity contribution is -0.670. The molecule has 0 aromatic heterocycles. The Bertz CT molecular complexity index is 493. The van der Waals surface area contributed by atoms with Crippen molar-refractivity contribution in [1.82, 2.24) is 0 Å². The first-order valence-electron chi connectivity index (χ1n) is 6.47. The van der Waals surface area contributed by atoms with Crippen molar-refractivity contribution in [3.8, 4) is 5.75 Å². The van der Waals surface area contributed by atoms with Crippen LogP contribution >= 0.6 is 0 Å². The number of benzene rings is 2. The van der Waals surface area contributed by atoms with Gasteiger partial charge in [-0.15, -0.1) is 0 Å². The van der Waals surface area contributed by atoms with Crippen LogP contribution in [0.15, 0.2) is 48.5 Å². The molecule has 100 valence electrons. The predicted molar refractivity (Wildman–Crippen MR) is 73.6 cm³/mol. The van der Waals surface area contributed by atoms with Gasteiger partial charge in [-0.2, -0.15) is 0 Å². The molecule has 0 aliphatic carbocycles. The van der Waals surface area contributed by atoms with E-state index < -0.39 is 0 Å². The van der Waals surface area contributed by atoms with Crippen molar-refractivity contribution in [2.45, 2.75) is 13.0 Å². The van der Waals surface area contributed by atoms with E-state index in [0.717, 1.165) is 25.3 Å². The normalized spacial score (nSPS) is 10.4. The number of ether oxygens (including phenoxy) is 1. The Kier molecular flexibility index (Phi) is 4.93. The molecule has 0 radical (unpaired) electrons. The molecule has 0 heterocycles. The Hall–Kier alpha value is -1.87. The molecular weight excluding hydrogens is 241 g/mol. The van der Waals surface area contributed by atoms with Gasteiger partial charge in [-0.1, -0.05) is 12.1 Å². The fraction of sp³-hybridized carbons (Fsp3) is 0.250. The Morgan fingerprint density at radius 3 is 2.21 bits per heavy atom. The molecule has 2 nitrogen and oxygen atoms in total. The van der Waals surface area contributed by atoms with Crippen LogP contribution < -0.4 is 10.1 Å². The van der Waals surface area contributed by atoms with Crippen LogP contribution in [-0.4, -0.2) is 13.7 Å². The quantitative estimate of drug-likeness (QED) is 0.791. The van der Waals surface area contributed by atoms with Gasteiger partial charge in [0.25, 0.3) is 0 Å². The number of nitrogens with two attached hydrogens (primary N) is 1. The van der Waals surface area contributed by atoms with Crippen LogP contribution in [0.5, 0.6) is 5.75 Å². The first-order valence-corrected chi connectivity index (χ1v) is 6.47. The van der Waals surface area contributed by atoms with Crippen molar-refractivity contribution in [2.75, 3.05) is 13.7 Å². The van der Waals surface area contributed by atoms with Crippen LogP contribution in [0.4, 0.5) is 4.39 Å². The van der Waals surface area contributed by atoms with Gasteiger partial charge in [0.15, 0.2) is 0 Å². The second-order valence-electron chi connectivity index (χ2n) is 4.51. The van der Waals surface area contributed by atoms with E-state index in [1.807, 2.05) is 24.3 Å². The topological polar surface area (TPSA) is 25.8 Å². The van der Waals surface area contributed by atoms with E-state index in [2.05, 4.69) is 17.4 Å². The molecule has 0 spiro atoms. The predicted octanol–water partition coefficient (Wildman–Crippen LogP) is 2.14. The largest absolute Gasteiger partial charge is 0.497 e. The molecule has 2 rings (SSSR count). The van der Waals surface area contributed by atoms with Crippen LogP contribution in [0.1, 0.15) is 11.1 Å². The first-order chi connectivity index (χ1) is 9.28. The number of quaternary nitrogens is 1. The van der Waals surface area contributed by atoms with Crippen LogP contribution in [0, 0.1) is 5.82 Å². The van der Waals surface area contributed by atoms with Gasteiger partial charge in [0.05, 0.1) is 13.7 Å². The summed E-state index contributed by atoms with van der Waals surface area (Å²) < 4.78 is 17.9. The molecule has 0 aliphatic heterocycles. The SMILES string of the molecule is COc1ccc(C[NH2+]CCc2ccc(F)cc2)cc1. The molecule has 0 aliphatic rings. The monoisotopic (exact) mass is 260 g/mol. The van der Waals surface area contributed by atoms with Crippen molar-refractivity contribution < 1.29 is 14.4 Å². The van der Waals surface area contributed by atoms with Crippen molar-refractivity contribution in [1.29, 1.82) is 0 Å². The molecule has 0 bridgehead atoms. The van der Waals surface area contributed by atoms with E-state index in [9.17, 15) is 4.39 Å². The third kappa shape index (κ3) is 4.38. The van der Waals surface area contributed by atoms with Crippen molar-refractivity contribution in [3.63, 3.8) is 0 Å². The van der Waals surface area contributed by atoms with Crippen LogP contribution in [0.3, 0.4) is 0 Å². The minimum absolute atomic E-state index is 0.175. The fourth-order valence-electron chi connectivity index (χ4n) is 1.95. The number of hydrogen-bond acceptors (Lipinski definition) is 1. The van der Waals surface area contributed by atoms with Gasteiger partial charge in [0.2, 0.25) is 0 Å². The maximum absolute atomic E-state index is 12.7. The zero-order valence-electron chi connectivity index (χ0n) is 11.1. The molecule has 19 heavy (non-hydrogen) atoms. The zero-order chi connectivity index (χ0) is 13.5. The average Bonchev–Trinajstić information content (AvgIpc) is 2.46. The molecule has 0 saturated heterocycles. The fourth-order valence-corrected chi connectivity index (χ4v) is 1.95. The summed E-state index contributed by atoms with van der Waals surface area (Å²) in [5, 5.41) is 2.26. The van der Waals surface area contributed by atoms with Gasteiger partial charge < -0.3 is 10.1 Å². The Balaban J connectivity index is 1.72. The lowest BCUT2D eigenvalue weighted by atomic mass is 10.1. The highest BCUT2D eigenvalue weighted by Gasteiger charge is 1.98. The van der Waals surface area contributed by atoms with Gasteiger partial charge in [0.1, 0.15) is 18.1 Å². The molecule has 0 fully saturated rings. The summed E-state index contributed by atoms with van der Waals surface area (Å²) >= 11 is 0. The van der Waals surface area contributed by atoms with E-state index in [1.54, 1.807) is 7.11 Å². The third-order valence-corrected chi connectivity index (χ3v) is 3.09. The molecule has 3 heteroatoms. The molecule has 0 atom stereocenters. The minimum atomic E-state index is -0.175. The van der Waals surface area contributed by atoms with E-state index in [1.165, 1.54) is 23.3 Å². The zero-order valence-corrected chi connectivity index (χ0v) is 11.1. The van der Waals surface area contributed by atoms with Crippen molar-refractivity contribution in [2.24, 2.45) is 0 Å².